The minimum absolute atomic E-state index is 0.0901. The molecule has 0 spiro atoms. The van der Waals surface area contributed by atoms with E-state index in [1.165, 1.54) is 23.5 Å². The molecule has 0 saturated carbocycles. The lowest BCUT2D eigenvalue weighted by molar-refractivity contribution is -0.130. The summed E-state index contributed by atoms with van der Waals surface area (Å²) in [5, 5.41) is 3.41. The van der Waals surface area contributed by atoms with Crippen LogP contribution in [0.2, 0.25) is 0 Å². The maximum atomic E-state index is 13.1. The van der Waals surface area contributed by atoms with Crippen LogP contribution in [0.15, 0.2) is 24.3 Å². The molecule has 1 saturated heterocycles. The molecule has 29 heavy (non-hydrogen) atoms. The Morgan fingerprint density at radius 1 is 1.10 bits per heavy atom. The molecule has 7 nitrogen and oxygen atoms in total. The van der Waals surface area contributed by atoms with Crippen molar-refractivity contribution in [3.63, 3.8) is 0 Å². The number of carbonyl (C=O) groups excluding carboxylic acids is 2. The summed E-state index contributed by atoms with van der Waals surface area (Å²) in [7, 11) is 3.51. The molecule has 2 aromatic rings. The monoisotopic (exact) mass is 419 g/mol. The summed E-state index contributed by atoms with van der Waals surface area (Å²) in [4.78, 5) is 35.5. The van der Waals surface area contributed by atoms with Crippen LogP contribution in [0.1, 0.15) is 4.88 Å². The largest absolute Gasteiger partial charge is 0.348 e. The first-order valence-corrected chi connectivity index (χ1v) is 10.3. The number of nitrogens with one attached hydrogen (secondary N) is 1. The number of carbonyl (C=O) groups is 2. The lowest BCUT2D eigenvalue weighted by Gasteiger charge is -2.34. The molecular formula is C20H26FN5O2S. The summed E-state index contributed by atoms with van der Waals surface area (Å²) < 4.78 is 13.1. The number of nitrogens with zero attached hydrogens (tertiary/aromatic N) is 4. The number of hydrogen-bond acceptors (Lipinski definition) is 6. The molecule has 3 rings (SSSR count). The first-order valence-electron chi connectivity index (χ1n) is 9.50. The lowest BCUT2D eigenvalue weighted by atomic mass is 10.1. The van der Waals surface area contributed by atoms with Crippen molar-refractivity contribution in [2.75, 3.05) is 58.7 Å². The second kappa shape index (κ2) is 9.43. The minimum Gasteiger partial charge on any atom is -0.348 e. The molecule has 1 aromatic carbocycles. The summed E-state index contributed by atoms with van der Waals surface area (Å²) in [5.41, 5.74) is 1.58. The van der Waals surface area contributed by atoms with Crippen LogP contribution in [0.5, 0.6) is 0 Å². The van der Waals surface area contributed by atoms with Crippen molar-refractivity contribution < 1.29 is 14.0 Å². The normalized spacial score (nSPS) is 15.3. The van der Waals surface area contributed by atoms with E-state index >= 15 is 0 Å². The molecule has 1 fully saturated rings. The molecule has 1 aliphatic heterocycles. The highest BCUT2D eigenvalue weighted by Gasteiger charge is 2.21. The number of aryl methyl sites for hydroxylation is 1. The van der Waals surface area contributed by atoms with Gasteiger partial charge in [-0.05, 0) is 31.2 Å². The van der Waals surface area contributed by atoms with Gasteiger partial charge in [0, 0.05) is 50.7 Å². The Morgan fingerprint density at radius 2 is 1.69 bits per heavy atom. The number of likely N-dealkylation sites (N-methyl/N-ethyl adjacent to an activating group) is 1. The van der Waals surface area contributed by atoms with Crippen molar-refractivity contribution in [1.29, 1.82) is 0 Å². The third-order valence-corrected chi connectivity index (χ3v) is 5.74. The van der Waals surface area contributed by atoms with Gasteiger partial charge in [0.05, 0.1) is 18.8 Å². The average molecular weight is 420 g/mol. The molecule has 1 N–H and O–H groups in total. The lowest BCUT2D eigenvalue weighted by Crippen LogP contribution is -2.50. The fourth-order valence-electron chi connectivity index (χ4n) is 3.13. The average Bonchev–Trinajstić information content (AvgIpc) is 3.03. The summed E-state index contributed by atoms with van der Waals surface area (Å²) in [6.07, 6.45) is 0. The molecule has 9 heteroatoms. The van der Waals surface area contributed by atoms with Crippen molar-refractivity contribution in [2.45, 2.75) is 6.92 Å². The molecule has 0 bridgehead atoms. The quantitative estimate of drug-likeness (QED) is 0.775. The standard InChI is InChI=1S/C20H26FN5O2S/c1-14-19(15-4-6-16(21)7-5-15)23-20(29-14)22-17(27)12-25-8-10-26(11-9-25)13-18(28)24(2)3/h4-7H,8-13H2,1-3H3,(H,22,23,27). The van der Waals surface area contributed by atoms with Gasteiger partial charge in [0.1, 0.15) is 5.82 Å². The van der Waals surface area contributed by atoms with Crippen molar-refractivity contribution >= 4 is 28.3 Å². The van der Waals surface area contributed by atoms with Crippen LogP contribution >= 0.6 is 11.3 Å². The highest BCUT2D eigenvalue weighted by molar-refractivity contribution is 7.16. The third-order valence-electron chi connectivity index (χ3n) is 4.85. The Balaban J connectivity index is 1.50. The summed E-state index contributed by atoms with van der Waals surface area (Å²) in [6, 6.07) is 6.17. The zero-order chi connectivity index (χ0) is 21.0. The van der Waals surface area contributed by atoms with Crippen molar-refractivity contribution in [3.05, 3.63) is 35.0 Å². The predicted molar refractivity (Wildman–Crippen MR) is 112 cm³/mol. The Bertz CT molecular complexity index is 860. The second-order valence-corrected chi connectivity index (χ2v) is 8.52. The van der Waals surface area contributed by atoms with E-state index in [2.05, 4.69) is 20.1 Å². The van der Waals surface area contributed by atoms with Crippen molar-refractivity contribution in [3.8, 4) is 11.3 Å². The number of halogens is 1. The van der Waals surface area contributed by atoms with Gasteiger partial charge >= 0.3 is 0 Å². The van der Waals surface area contributed by atoms with Crippen LogP contribution in [-0.4, -0.2) is 84.9 Å². The number of aromatic nitrogens is 1. The van der Waals surface area contributed by atoms with Gasteiger partial charge in [-0.3, -0.25) is 19.4 Å². The van der Waals surface area contributed by atoms with Gasteiger partial charge < -0.3 is 10.2 Å². The van der Waals surface area contributed by atoms with Crippen molar-refractivity contribution in [1.82, 2.24) is 19.7 Å². The van der Waals surface area contributed by atoms with E-state index in [0.717, 1.165) is 42.3 Å². The van der Waals surface area contributed by atoms with Crippen LogP contribution in [0.4, 0.5) is 9.52 Å². The number of benzene rings is 1. The Morgan fingerprint density at radius 3 is 2.28 bits per heavy atom. The summed E-state index contributed by atoms with van der Waals surface area (Å²) in [5.74, 6) is -0.309. The highest BCUT2D eigenvalue weighted by Crippen LogP contribution is 2.30. The SMILES string of the molecule is Cc1sc(NC(=O)CN2CCN(CC(=O)N(C)C)CC2)nc1-c1ccc(F)cc1. The van der Waals surface area contributed by atoms with Crippen LogP contribution in [-0.2, 0) is 9.59 Å². The van der Waals surface area contributed by atoms with Gasteiger partial charge in [-0.1, -0.05) is 0 Å². The van der Waals surface area contributed by atoms with Crippen molar-refractivity contribution in [2.24, 2.45) is 0 Å². The number of thiazole rings is 1. The number of amides is 2. The second-order valence-electron chi connectivity index (χ2n) is 7.32. The molecule has 0 unspecified atom stereocenters. The van der Waals surface area contributed by atoms with Gasteiger partial charge in [-0.15, -0.1) is 11.3 Å². The number of piperazine rings is 1. The van der Waals surface area contributed by atoms with E-state index in [1.54, 1.807) is 31.1 Å². The van der Waals surface area contributed by atoms with Gasteiger partial charge in [-0.2, -0.15) is 0 Å². The van der Waals surface area contributed by atoms with Gasteiger partial charge in [0.15, 0.2) is 5.13 Å². The molecule has 156 valence electrons. The maximum absolute atomic E-state index is 13.1. The summed E-state index contributed by atoms with van der Waals surface area (Å²) >= 11 is 1.41. The molecule has 2 amide bonds. The number of rotatable bonds is 6. The van der Waals surface area contributed by atoms with Crippen LogP contribution < -0.4 is 5.32 Å². The van der Waals surface area contributed by atoms with E-state index in [-0.39, 0.29) is 17.6 Å². The first-order chi connectivity index (χ1) is 13.8. The van der Waals surface area contributed by atoms with E-state index in [4.69, 9.17) is 0 Å². The zero-order valence-electron chi connectivity index (χ0n) is 16.9. The highest BCUT2D eigenvalue weighted by atomic mass is 32.1. The van der Waals surface area contributed by atoms with E-state index < -0.39 is 0 Å². The molecular weight excluding hydrogens is 393 g/mol. The smallest absolute Gasteiger partial charge is 0.240 e. The molecule has 1 aromatic heterocycles. The Labute approximate surface area is 174 Å². The third kappa shape index (κ3) is 5.81. The fraction of sp³-hybridized carbons (Fsp3) is 0.450. The van der Waals surface area contributed by atoms with Crippen LogP contribution in [0.25, 0.3) is 11.3 Å². The number of anilines is 1. The predicted octanol–water partition coefficient (Wildman–Crippen LogP) is 1.90. The fourth-order valence-corrected chi connectivity index (χ4v) is 3.98. The zero-order valence-corrected chi connectivity index (χ0v) is 17.8. The first kappa shape index (κ1) is 21.4. The number of hydrogen-bond donors (Lipinski definition) is 1. The van der Waals surface area contributed by atoms with E-state index in [1.807, 2.05) is 6.92 Å². The maximum Gasteiger partial charge on any atom is 0.240 e. The van der Waals surface area contributed by atoms with Crippen LogP contribution in [0, 0.1) is 12.7 Å². The van der Waals surface area contributed by atoms with Gasteiger partial charge in [-0.25, -0.2) is 9.37 Å². The molecule has 0 atom stereocenters. The minimum atomic E-state index is -0.290. The van der Waals surface area contributed by atoms with E-state index in [0.29, 0.717) is 18.2 Å². The molecule has 1 aliphatic rings. The van der Waals surface area contributed by atoms with E-state index in [9.17, 15) is 14.0 Å². The Hall–Kier alpha value is -2.36. The summed E-state index contributed by atoms with van der Waals surface area (Å²) in [6.45, 7) is 5.64. The molecule has 0 radical (unpaired) electrons. The van der Waals surface area contributed by atoms with Crippen LogP contribution in [0.3, 0.4) is 0 Å². The van der Waals surface area contributed by atoms with Gasteiger partial charge in [0.2, 0.25) is 11.8 Å². The molecule has 2 heterocycles. The van der Waals surface area contributed by atoms with Gasteiger partial charge in [0.25, 0.3) is 0 Å². The topological polar surface area (TPSA) is 68.8 Å². The Kier molecular flexibility index (Phi) is 6.94. The molecule has 0 aliphatic carbocycles.